The maximum atomic E-state index is 14.1. The van der Waals surface area contributed by atoms with E-state index >= 15 is 0 Å². The number of amides is 2. The molecule has 0 saturated carbocycles. The molecule has 1 atom stereocenters. The summed E-state index contributed by atoms with van der Waals surface area (Å²) in [7, 11) is -3.90. The average Bonchev–Trinajstić information content (AvgIpc) is 2.87. The highest BCUT2D eigenvalue weighted by Gasteiger charge is 2.33. The number of benzene rings is 3. The fraction of sp³-hybridized carbons (Fsp3) is 0.310. The predicted molar refractivity (Wildman–Crippen MR) is 163 cm³/mol. The highest BCUT2D eigenvalue weighted by atomic mass is 35.5. The molecule has 0 unspecified atom stereocenters. The molecule has 0 aliphatic carbocycles. The topological polar surface area (TPSA) is 86.8 Å². The Kier molecular flexibility index (Phi) is 10.9. The zero-order valence-corrected chi connectivity index (χ0v) is 25.8. The van der Waals surface area contributed by atoms with E-state index in [9.17, 15) is 18.0 Å². The Labute approximate surface area is 251 Å². The Morgan fingerprint density at radius 1 is 0.925 bits per heavy atom. The van der Waals surface area contributed by atoms with Crippen molar-refractivity contribution in [2.45, 2.75) is 45.8 Å². The van der Waals surface area contributed by atoms with Gasteiger partial charge in [-0.15, -0.1) is 0 Å². The van der Waals surface area contributed by atoms with E-state index in [0.29, 0.717) is 20.6 Å². The van der Waals surface area contributed by atoms with Gasteiger partial charge in [-0.3, -0.25) is 13.9 Å². The van der Waals surface area contributed by atoms with E-state index in [-0.39, 0.29) is 30.6 Å². The molecule has 0 heterocycles. The number of anilines is 1. The quantitative estimate of drug-likeness (QED) is 0.289. The van der Waals surface area contributed by atoms with Gasteiger partial charge in [0.1, 0.15) is 12.6 Å². The number of nitrogens with one attached hydrogen (secondary N) is 1. The number of hydrogen-bond acceptors (Lipinski definition) is 4. The Morgan fingerprint density at radius 3 is 2.17 bits per heavy atom. The zero-order chi connectivity index (χ0) is 29.6. The van der Waals surface area contributed by atoms with Gasteiger partial charge < -0.3 is 10.2 Å². The highest BCUT2D eigenvalue weighted by Crippen LogP contribution is 2.27. The second-order valence-corrected chi connectivity index (χ2v) is 13.0. The highest BCUT2D eigenvalue weighted by molar-refractivity contribution is 7.92. The van der Waals surface area contributed by atoms with Crippen LogP contribution in [0.15, 0.2) is 66.7 Å². The third kappa shape index (κ3) is 8.61. The van der Waals surface area contributed by atoms with Crippen LogP contribution in [0.4, 0.5) is 5.69 Å². The standard InChI is InChI=1S/C29H32Cl3N3O4S/c1-19(2)33-29(37)27(14-21-8-6-5-7-9-21)34(17-22-11-12-23(30)15-26(22)32)28(36)18-35(40(4,38)39)24-13-10-20(3)25(31)16-24/h5-13,15-16,19,27H,14,17-18H2,1-4H3,(H,33,37)/t27-/m0/s1. The molecule has 40 heavy (non-hydrogen) atoms. The third-order valence-corrected chi connectivity index (χ3v) is 8.32. The molecule has 3 rings (SSSR count). The maximum Gasteiger partial charge on any atom is 0.244 e. The molecule has 2 amide bonds. The fourth-order valence-electron chi connectivity index (χ4n) is 4.12. The molecule has 0 aliphatic heterocycles. The summed E-state index contributed by atoms with van der Waals surface area (Å²) in [5.41, 5.74) is 2.38. The second-order valence-electron chi connectivity index (χ2n) is 9.83. The molecule has 0 saturated heterocycles. The van der Waals surface area contributed by atoms with Crippen LogP contribution in [0, 0.1) is 6.92 Å². The Hall–Kier alpha value is -2.78. The molecule has 0 bridgehead atoms. The van der Waals surface area contributed by atoms with Crippen molar-refractivity contribution in [3.63, 3.8) is 0 Å². The lowest BCUT2D eigenvalue weighted by Gasteiger charge is -2.34. The van der Waals surface area contributed by atoms with Crippen molar-refractivity contribution in [1.29, 1.82) is 0 Å². The van der Waals surface area contributed by atoms with Gasteiger partial charge in [0.15, 0.2) is 0 Å². The molecule has 1 N–H and O–H groups in total. The smallest absolute Gasteiger partial charge is 0.244 e. The van der Waals surface area contributed by atoms with Gasteiger partial charge >= 0.3 is 0 Å². The largest absolute Gasteiger partial charge is 0.352 e. The Morgan fingerprint density at radius 2 is 1.60 bits per heavy atom. The lowest BCUT2D eigenvalue weighted by Crippen LogP contribution is -2.54. The number of nitrogens with zero attached hydrogens (tertiary/aromatic N) is 2. The van der Waals surface area contributed by atoms with Crippen LogP contribution in [-0.4, -0.2) is 50.0 Å². The molecule has 7 nitrogen and oxygen atoms in total. The summed E-state index contributed by atoms with van der Waals surface area (Å²) >= 11 is 18.8. The van der Waals surface area contributed by atoms with Crippen LogP contribution in [-0.2, 0) is 32.6 Å². The SMILES string of the molecule is Cc1ccc(N(CC(=O)N(Cc2ccc(Cl)cc2Cl)[C@@H](Cc2ccccc2)C(=O)NC(C)C)S(C)(=O)=O)cc1Cl. The van der Waals surface area contributed by atoms with Crippen molar-refractivity contribution >= 4 is 62.3 Å². The number of hydrogen-bond donors (Lipinski definition) is 1. The maximum absolute atomic E-state index is 14.1. The normalized spacial score (nSPS) is 12.2. The number of sulfonamides is 1. The molecule has 0 fully saturated rings. The van der Waals surface area contributed by atoms with Gasteiger partial charge in [-0.05, 0) is 61.7 Å². The Bertz CT molecular complexity index is 1470. The van der Waals surface area contributed by atoms with E-state index < -0.39 is 28.5 Å². The minimum Gasteiger partial charge on any atom is -0.352 e. The van der Waals surface area contributed by atoms with Crippen molar-refractivity contribution in [1.82, 2.24) is 10.2 Å². The molecule has 3 aromatic rings. The third-order valence-electron chi connectivity index (χ3n) is 6.18. The van der Waals surface area contributed by atoms with Gasteiger partial charge in [-0.1, -0.05) is 77.3 Å². The van der Waals surface area contributed by atoms with Crippen molar-refractivity contribution < 1.29 is 18.0 Å². The summed E-state index contributed by atoms with van der Waals surface area (Å²) < 4.78 is 26.7. The number of carbonyl (C=O) groups excluding carboxylic acids is 2. The first-order chi connectivity index (χ1) is 18.8. The number of halogens is 3. The van der Waals surface area contributed by atoms with Crippen molar-refractivity contribution in [2.75, 3.05) is 17.1 Å². The molecular formula is C29H32Cl3N3O4S. The molecule has 0 spiro atoms. The number of carbonyl (C=O) groups is 2. The van der Waals surface area contributed by atoms with E-state index in [4.69, 9.17) is 34.8 Å². The lowest BCUT2D eigenvalue weighted by molar-refractivity contribution is -0.140. The summed E-state index contributed by atoms with van der Waals surface area (Å²) in [6.07, 6.45) is 1.22. The first-order valence-corrected chi connectivity index (χ1v) is 15.6. The average molecular weight is 625 g/mol. The summed E-state index contributed by atoms with van der Waals surface area (Å²) in [4.78, 5) is 29.0. The molecule has 0 radical (unpaired) electrons. The lowest BCUT2D eigenvalue weighted by atomic mass is 10.0. The van der Waals surface area contributed by atoms with E-state index in [0.717, 1.165) is 21.7 Å². The molecule has 0 aromatic heterocycles. The summed E-state index contributed by atoms with van der Waals surface area (Å²) in [5, 5.41) is 4.00. The minimum absolute atomic E-state index is 0.0515. The van der Waals surface area contributed by atoms with Crippen LogP contribution in [0.3, 0.4) is 0 Å². The first kappa shape index (κ1) is 31.7. The predicted octanol–water partition coefficient (Wildman–Crippen LogP) is 5.89. The summed E-state index contributed by atoms with van der Waals surface area (Å²) in [5.74, 6) is -0.963. The summed E-state index contributed by atoms with van der Waals surface area (Å²) in [6, 6.07) is 17.8. The van der Waals surface area contributed by atoms with Gasteiger partial charge in [-0.25, -0.2) is 8.42 Å². The molecular weight excluding hydrogens is 593 g/mol. The van der Waals surface area contributed by atoms with Gasteiger partial charge in [0.2, 0.25) is 21.8 Å². The fourth-order valence-corrected chi connectivity index (χ4v) is 5.60. The molecule has 0 aliphatic rings. The minimum atomic E-state index is -3.90. The van der Waals surface area contributed by atoms with E-state index in [1.54, 1.807) is 37.3 Å². The van der Waals surface area contributed by atoms with E-state index in [1.807, 2.05) is 44.2 Å². The first-order valence-electron chi connectivity index (χ1n) is 12.6. The molecule has 3 aromatic carbocycles. The molecule has 214 valence electrons. The summed E-state index contributed by atoms with van der Waals surface area (Å²) in [6.45, 7) is 4.84. The van der Waals surface area contributed by atoms with Crippen LogP contribution in [0.1, 0.15) is 30.5 Å². The van der Waals surface area contributed by atoms with Gasteiger partial charge in [0.05, 0.1) is 11.9 Å². The molecule has 11 heteroatoms. The van der Waals surface area contributed by atoms with Crippen LogP contribution in [0.2, 0.25) is 15.1 Å². The van der Waals surface area contributed by atoms with Crippen LogP contribution < -0.4 is 9.62 Å². The van der Waals surface area contributed by atoms with Crippen LogP contribution >= 0.6 is 34.8 Å². The van der Waals surface area contributed by atoms with Crippen LogP contribution in [0.25, 0.3) is 0 Å². The number of rotatable bonds is 11. The van der Waals surface area contributed by atoms with E-state index in [1.165, 1.54) is 11.0 Å². The monoisotopic (exact) mass is 623 g/mol. The zero-order valence-electron chi connectivity index (χ0n) is 22.7. The van der Waals surface area contributed by atoms with Gasteiger partial charge in [0, 0.05) is 34.1 Å². The van der Waals surface area contributed by atoms with Crippen molar-refractivity contribution in [2.24, 2.45) is 0 Å². The second kappa shape index (κ2) is 13.7. The van der Waals surface area contributed by atoms with Crippen LogP contribution in [0.5, 0.6) is 0 Å². The van der Waals surface area contributed by atoms with Gasteiger partial charge in [-0.2, -0.15) is 0 Å². The van der Waals surface area contributed by atoms with E-state index in [2.05, 4.69) is 5.32 Å². The van der Waals surface area contributed by atoms with Gasteiger partial charge in [0.25, 0.3) is 0 Å². The van der Waals surface area contributed by atoms with Crippen molar-refractivity contribution in [3.05, 3.63) is 98.5 Å². The Balaban J connectivity index is 2.09. The van der Waals surface area contributed by atoms with Crippen molar-refractivity contribution in [3.8, 4) is 0 Å². The number of aryl methyl sites for hydroxylation is 1.